The predicted octanol–water partition coefficient (Wildman–Crippen LogP) is 1.72. The Bertz CT molecular complexity index is 391. The van der Waals surface area contributed by atoms with Gasteiger partial charge in [-0.2, -0.15) is 13.2 Å². The Morgan fingerprint density at radius 2 is 1.76 bits per heavy atom. The molecule has 1 N–H and O–H groups in total. The van der Waals surface area contributed by atoms with Gasteiger partial charge in [0.2, 0.25) is 5.91 Å². The van der Waals surface area contributed by atoms with Crippen molar-refractivity contribution >= 4 is 11.9 Å². The minimum Gasteiger partial charge on any atom is -0.480 e. The molecule has 3 atom stereocenters. The molecule has 0 saturated carbocycles. The summed E-state index contributed by atoms with van der Waals surface area (Å²) in [6.45, 7) is 2.88. The maximum Gasteiger partial charge on any atom is 0.406 e. The Morgan fingerprint density at radius 1 is 1.29 bits per heavy atom. The zero-order valence-electron chi connectivity index (χ0n) is 12.4. The summed E-state index contributed by atoms with van der Waals surface area (Å²) in [5.41, 5.74) is 0. The first kappa shape index (κ1) is 17.7. The minimum atomic E-state index is -4.62. The van der Waals surface area contributed by atoms with Gasteiger partial charge in [0.25, 0.3) is 0 Å². The van der Waals surface area contributed by atoms with Crippen LogP contribution in [0.1, 0.15) is 33.6 Å². The highest BCUT2D eigenvalue weighted by atomic mass is 19.4. The monoisotopic (exact) mass is 310 g/mol. The fourth-order valence-electron chi connectivity index (χ4n) is 2.96. The lowest BCUT2D eigenvalue weighted by molar-refractivity contribution is -0.168. The number of likely N-dealkylation sites (tertiary alicyclic amines) is 1. The number of amides is 1. The van der Waals surface area contributed by atoms with E-state index in [1.807, 2.05) is 18.7 Å². The number of hydrogen-bond acceptors (Lipinski definition) is 3. The molecule has 0 bridgehead atoms. The Hall–Kier alpha value is -1.31. The number of halogens is 3. The topological polar surface area (TPSA) is 60.9 Å². The summed E-state index contributed by atoms with van der Waals surface area (Å²) in [5, 5.41) is 8.71. The number of aliphatic carboxylic acids is 1. The molecule has 1 amide bonds. The van der Waals surface area contributed by atoms with Crippen LogP contribution in [0.3, 0.4) is 0 Å². The Balaban J connectivity index is 2.85. The molecule has 3 unspecified atom stereocenters. The maximum absolute atomic E-state index is 12.5. The number of hydrogen-bond donors (Lipinski definition) is 1. The van der Waals surface area contributed by atoms with E-state index in [0.29, 0.717) is 4.90 Å². The summed E-state index contributed by atoms with van der Waals surface area (Å²) in [6.07, 6.45) is -2.87. The van der Waals surface area contributed by atoms with Gasteiger partial charge in [-0.1, -0.05) is 0 Å². The van der Waals surface area contributed by atoms with E-state index in [-0.39, 0.29) is 12.1 Å². The van der Waals surface area contributed by atoms with Crippen LogP contribution in [0.5, 0.6) is 0 Å². The lowest BCUT2D eigenvalue weighted by Gasteiger charge is -2.35. The van der Waals surface area contributed by atoms with Crippen LogP contribution in [-0.2, 0) is 9.59 Å². The van der Waals surface area contributed by atoms with Crippen molar-refractivity contribution in [2.24, 2.45) is 0 Å². The van der Waals surface area contributed by atoms with Crippen molar-refractivity contribution in [2.75, 3.05) is 13.1 Å². The molecular weight excluding hydrogens is 289 g/mol. The van der Waals surface area contributed by atoms with Crippen LogP contribution >= 0.6 is 0 Å². The summed E-state index contributed by atoms with van der Waals surface area (Å²) in [4.78, 5) is 25.2. The summed E-state index contributed by atoms with van der Waals surface area (Å²) in [7, 11) is 0. The van der Waals surface area contributed by atoms with E-state index in [4.69, 9.17) is 5.11 Å². The van der Waals surface area contributed by atoms with Gasteiger partial charge in [-0.3, -0.25) is 14.5 Å². The molecule has 1 fully saturated rings. The molecule has 0 aromatic rings. The van der Waals surface area contributed by atoms with Crippen LogP contribution in [0.4, 0.5) is 13.2 Å². The molecule has 1 heterocycles. The van der Waals surface area contributed by atoms with Gasteiger partial charge in [0, 0.05) is 12.1 Å². The van der Waals surface area contributed by atoms with Crippen molar-refractivity contribution in [3.8, 4) is 0 Å². The first-order chi connectivity index (χ1) is 9.53. The van der Waals surface area contributed by atoms with Gasteiger partial charge < -0.3 is 10.0 Å². The van der Waals surface area contributed by atoms with Gasteiger partial charge in [0.1, 0.15) is 13.1 Å². The van der Waals surface area contributed by atoms with Gasteiger partial charge in [0.05, 0.1) is 6.04 Å². The van der Waals surface area contributed by atoms with Crippen molar-refractivity contribution in [1.82, 2.24) is 9.80 Å². The highest BCUT2D eigenvalue weighted by Gasteiger charge is 2.40. The number of nitrogens with zero attached hydrogens (tertiary/aromatic N) is 2. The predicted molar refractivity (Wildman–Crippen MR) is 69.7 cm³/mol. The normalized spacial score (nSPS) is 24.9. The first-order valence-electron chi connectivity index (χ1n) is 6.87. The van der Waals surface area contributed by atoms with E-state index < -0.39 is 37.2 Å². The molecule has 1 aliphatic heterocycles. The molecule has 1 rings (SSSR count). The molecular formula is C13H21F3N2O3. The fraction of sp³-hybridized carbons (Fsp3) is 0.846. The maximum atomic E-state index is 12.5. The van der Waals surface area contributed by atoms with Gasteiger partial charge >= 0.3 is 12.1 Å². The number of alkyl halides is 3. The molecule has 21 heavy (non-hydrogen) atoms. The van der Waals surface area contributed by atoms with Crippen LogP contribution in [0.25, 0.3) is 0 Å². The van der Waals surface area contributed by atoms with Crippen molar-refractivity contribution in [2.45, 2.75) is 57.9 Å². The summed E-state index contributed by atoms with van der Waals surface area (Å²) < 4.78 is 37.5. The third-order valence-electron chi connectivity index (χ3n) is 3.83. The summed E-state index contributed by atoms with van der Waals surface area (Å²) in [5.74, 6) is -2.25. The molecule has 5 nitrogen and oxygen atoms in total. The second-order valence-corrected chi connectivity index (χ2v) is 5.60. The summed E-state index contributed by atoms with van der Waals surface area (Å²) >= 11 is 0. The van der Waals surface area contributed by atoms with E-state index in [2.05, 4.69) is 0 Å². The number of rotatable bonds is 5. The van der Waals surface area contributed by atoms with Gasteiger partial charge in [-0.25, -0.2) is 0 Å². The van der Waals surface area contributed by atoms with Gasteiger partial charge in [0.15, 0.2) is 0 Å². The van der Waals surface area contributed by atoms with Crippen molar-refractivity contribution in [3.05, 3.63) is 0 Å². The molecule has 1 aliphatic rings. The SMILES string of the molecule is CC1CCC(C)N1C(C)C(=O)N(CC(=O)O)CC(F)(F)F. The molecule has 0 aliphatic carbocycles. The molecule has 0 radical (unpaired) electrons. The highest BCUT2D eigenvalue weighted by Crippen LogP contribution is 2.27. The molecule has 0 aromatic heterocycles. The first-order valence-corrected chi connectivity index (χ1v) is 6.87. The molecule has 122 valence electrons. The minimum absolute atomic E-state index is 0.0940. The number of carboxylic acid groups (broad SMARTS) is 1. The third kappa shape index (κ3) is 4.87. The Morgan fingerprint density at radius 3 is 2.14 bits per heavy atom. The quantitative estimate of drug-likeness (QED) is 0.840. The van der Waals surface area contributed by atoms with Crippen molar-refractivity contribution in [1.29, 1.82) is 0 Å². The van der Waals surface area contributed by atoms with Gasteiger partial charge in [-0.15, -0.1) is 0 Å². The largest absolute Gasteiger partial charge is 0.480 e. The molecule has 8 heteroatoms. The van der Waals surface area contributed by atoms with E-state index in [1.165, 1.54) is 6.92 Å². The number of carbonyl (C=O) groups is 2. The molecule has 0 aromatic carbocycles. The van der Waals surface area contributed by atoms with Crippen molar-refractivity contribution < 1.29 is 27.9 Å². The van der Waals surface area contributed by atoms with Crippen LogP contribution in [0.15, 0.2) is 0 Å². The molecule has 0 spiro atoms. The van der Waals surface area contributed by atoms with Crippen LogP contribution in [0.2, 0.25) is 0 Å². The fourth-order valence-corrected chi connectivity index (χ4v) is 2.96. The second-order valence-electron chi connectivity index (χ2n) is 5.60. The summed E-state index contributed by atoms with van der Waals surface area (Å²) in [6, 6.07) is -0.577. The Kier molecular flexibility index (Phi) is 5.61. The van der Waals surface area contributed by atoms with E-state index in [9.17, 15) is 22.8 Å². The average Bonchev–Trinajstić information content (AvgIpc) is 2.64. The number of carboxylic acids is 1. The standard InChI is InChI=1S/C13H21F3N2O3/c1-8-4-5-9(2)18(8)10(3)12(21)17(6-11(19)20)7-13(14,15)16/h8-10H,4-7H2,1-3H3,(H,19,20). The Labute approximate surface area is 121 Å². The lowest BCUT2D eigenvalue weighted by Crippen LogP contribution is -2.53. The lowest BCUT2D eigenvalue weighted by atomic mass is 10.2. The highest BCUT2D eigenvalue weighted by molar-refractivity contribution is 5.85. The zero-order valence-corrected chi connectivity index (χ0v) is 12.4. The number of carbonyl (C=O) groups excluding carboxylic acids is 1. The van der Waals surface area contributed by atoms with E-state index >= 15 is 0 Å². The average molecular weight is 310 g/mol. The van der Waals surface area contributed by atoms with Crippen LogP contribution in [0, 0.1) is 0 Å². The van der Waals surface area contributed by atoms with Crippen molar-refractivity contribution in [3.63, 3.8) is 0 Å². The third-order valence-corrected chi connectivity index (χ3v) is 3.83. The smallest absolute Gasteiger partial charge is 0.406 e. The zero-order chi connectivity index (χ0) is 16.4. The van der Waals surface area contributed by atoms with Gasteiger partial charge in [-0.05, 0) is 33.6 Å². The second kappa shape index (κ2) is 6.64. The molecule has 1 saturated heterocycles. The van der Waals surface area contributed by atoms with Crippen LogP contribution < -0.4 is 0 Å². The van der Waals surface area contributed by atoms with E-state index in [1.54, 1.807) is 0 Å². The van der Waals surface area contributed by atoms with E-state index in [0.717, 1.165) is 12.8 Å². The van der Waals surface area contributed by atoms with Crippen LogP contribution in [-0.4, -0.2) is 64.2 Å².